The molecule has 1 amide bonds. The van der Waals surface area contributed by atoms with Gasteiger partial charge in [-0.1, -0.05) is 38.8 Å². The van der Waals surface area contributed by atoms with E-state index in [0.29, 0.717) is 23.0 Å². The Morgan fingerprint density at radius 3 is 2.79 bits per heavy atom. The lowest BCUT2D eigenvalue weighted by Gasteiger charge is -2.34. The number of carbonyl (C=O) groups excluding carboxylic acids is 2. The normalized spacial score (nSPS) is 21.7. The fourth-order valence-corrected chi connectivity index (χ4v) is 4.03. The van der Waals surface area contributed by atoms with Gasteiger partial charge in [-0.15, -0.1) is 0 Å². The molecule has 3 atom stereocenters. The predicted octanol–water partition coefficient (Wildman–Crippen LogP) is 2.35. The summed E-state index contributed by atoms with van der Waals surface area (Å²) in [6, 6.07) is 7.36. The second-order valence-corrected chi connectivity index (χ2v) is 8.01. The summed E-state index contributed by atoms with van der Waals surface area (Å²) in [5.74, 6) is 0.773. The number of amides is 1. The molecular formula is C22H29N3O4. The van der Waals surface area contributed by atoms with E-state index in [4.69, 9.17) is 4.74 Å². The van der Waals surface area contributed by atoms with Crippen molar-refractivity contribution in [2.75, 3.05) is 6.61 Å². The molecule has 1 N–H and O–H groups in total. The van der Waals surface area contributed by atoms with E-state index in [1.165, 1.54) is 6.42 Å². The SMILES string of the molecule is C[C@H]1[C@H](C)CCC[C@H]1NC(=O)COC(=O)CCc1nc(=O)c2ccccc2n1C. The van der Waals surface area contributed by atoms with Crippen LogP contribution in [0.3, 0.4) is 0 Å². The average molecular weight is 399 g/mol. The van der Waals surface area contributed by atoms with E-state index >= 15 is 0 Å². The molecular weight excluding hydrogens is 370 g/mol. The summed E-state index contributed by atoms with van der Waals surface area (Å²) in [6.07, 6.45) is 3.59. The Balaban J connectivity index is 1.50. The molecule has 156 valence electrons. The first-order chi connectivity index (χ1) is 13.9. The molecule has 1 aliphatic carbocycles. The van der Waals surface area contributed by atoms with Crippen LogP contribution in [-0.4, -0.2) is 34.1 Å². The van der Waals surface area contributed by atoms with Crippen LogP contribution < -0.4 is 10.9 Å². The molecule has 1 fully saturated rings. The van der Waals surface area contributed by atoms with Gasteiger partial charge in [0.1, 0.15) is 5.82 Å². The van der Waals surface area contributed by atoms with Gasteiger partial charge >= 0.3 is 5.97 Å². The molecule has 7 nitrogen and oxygen atoms in total. The second kappa shape index (κ2) is 9.20. The van der Waals surface area contributed by atoms with Crippen molar-refractivity contribution in [3.8, 4) is 0 Å². The molecule has 2 aromatic rings. The lowest BCUT2D eigenvalue weighted by Crippen LogP contribution is -2.45. The minimum Gasteiger partial charge on any atom is -0.456 e. The molecule has 0 aliphatic heterocycles. The smallest absolute Gasteiger partial charge is 0.306 e. The Hall–Kier alpha value is -2.70. The third kappa shape index (κ3) is 5.02. The Morgan fingerprint density at radius 1 is 1.24 bits per heavy atom. The molecule has 3 rings (SSSR count). The van der Waals surface area contributed by atoms with E-state index in [9.17, 15) is 14.4 Å². The summed E-state index contributed by atoms with van der Waals surface area (Å²) in [7, 11) is 1.81. The van der Waals surface area contributed by atoms with Gasteiger partial charge in [-0.05, 0) is 30.4 Å². The molecule has 1 aromatic heterocycles. The Morgan fingerprint density at radius 2 is 2.00 bits per heavy atom. The number of fused-ring (bicyclic) bond motifs is 1. The topological polar surface area (TPSA) is 90.3 Å². The zero-order chi connectivity index (χ0) is 21.0. The number of esters is 1. The molecule has 7 heteroatoms. The average Bonchev–Trinajstić information content (AvgIpc) is 2.71. The van der Waals surface area contributed by atoms with Gasteiger partial charge in [-0.25, -0.2) is 0 Å². The van der Waals surface area contributed by atoms with Gasteiger partial charge in [0.05, 0.1) is 17.3 Å². The van der Waals surface area contributed by atoms with Crippen LogP contribution in [0.4, 0.5) is 0 Å². The number of hydrogen-bond acceptors (Lipinski definition) is 5. The summed E-state index contributed by atoms with van der Waals surface area (Å²) < 4.78 is 6.93. The number of para-hydroxylation sites is 1. The number of rotatable bonds is 6. The maximum absolute atomic E-state index is 12.2. The first-order valence-corrected chi connectivity index (χ1v) is 10.3. The summed E-state index contributed by atoms with van der Waals surface area (Å²) in [5, 5.41) is 3.54. The molecule has 1 heterocycles. The van der Waals surface area contributed by atoms with Gasteiger partial charge in [0.25, 0.3) is 11.5 Å². The van der Waals surface area contributed by atoms with Crippen LogP contribution >= 0.6 is 0 Å². The van der Waals surface area contributed by atoms with Crippen molar-refractivity contribution in [3.05, 3.63) is 40.4 Å². The Bertz CT molecular complexity index is 953. The van der Waals surface area contributed by atoms with E-state index in [0.717, 1.165) is 18.4 Å². The Kier molecular flexibility index (Phi) is 6.67. The van der Waals surface area contributed by atoms with Crippen LogP contribution in [0, 0.1) is 11.8 Å². The first kappa shape index (κ1) is 21.0. The molecule has 1 aromatic carbocycles. The number of benzene rings is 1. The maximum atomic E-state index is 12.2. The predicted molar refractivity (Wildman–Crippen MR) is 110 cm³/mol. The van der Waals surface area contributed by atoms with Gasteiger partial charge in [0, 0.05) is 19.5 Å². The highest BCUT2D eigenvalue weighted by atomic mass is 16.5. The Labute approximate surface area is 170 Å². The van der Waals surface area contributed by atoms with Gasteiger partial charge in [0.15, 0.2) is 6.61 Å². The number of ether oxygens (including phenoxy) is 1. The summed E-state index contributed by atoms with van der Waals surface area (Å²) >= 11 is 0. The van der Waals surface area contributed by atoms with E-state index in [1.807, 2.05) is 23.7 Å². The lowest BCUT2D eigenvalue weighted by atomic mass is 9.78. The number of nitrogens with one attached hydrogen (secondary N) is 1. The molecule has 1 saturated carbocycles. The molecule has 29 heavy (non-hydrogen) atoms. The van der Waals surface area contributed by atoms with Crippen molar-refractivity contribution < 1.29 is 14.3 Å². The van der Waals surface area contributed by atoms with E-state index < -0.39 is 5.97 Å². The largest absolute Gasteiger partial charge is 0.456 e. The van der Waals surface area contributed by atoms with Crippen LogP contribution in [-0.2, 0) is 27.8 Å². The highest BCUT2D eigenvalue weighted by molar-refractivity contribution is 5.81. The minimum absolute atomic E-state index is 0.0583. The highest BCUT2D eigenvalue weighted by Gasteiger charge is 2.28. The summed E-state index contributed by atoms with van der Waals surface area (Å²) in [6.45, 7) is 4.08. The molecule has 1 aliphatic rings. The van der Waals surface area contributed by atoms with Crippen molar-refractivity contribution in [1.82, 2.24) is 14.9 Å². The number of hydrogen-bond donors (Lipinski definition) is 1. The summed E-state index contributed by atoms with van der Waals surface area (Å²) in [4.78, 5) is 40.5. The first-order valence-electron chi connectivity index (χ1n) is 10.3. The lowest BCUT2D eigenvalue weighted by molar-refractivity contribution is -0.148. The molecule has 0 saturated heterocycles. The molecule has 0 bridgehead atoms. The van der Waals surface area contributed by atoms with Crippen LogP contribution in [0.5, 0.6) is 0 Å². The zero-order valence-corrected chi connectivity index (χ0v) is 17.3. The second-order valence-electron chi connectivity index (χ2n) is 8.01. The number of aryl methyl sites for hydroxylation is 2. The van der Waals surface area contributed by atoms with Gasteiger partial charge in [0.2, 0.25) is 0 Å². The van der Waals surface area contributed by atoms with Crippen LogP contribution in [0.15, 0.2) is 29.1 Å². The number of aromatic nitrogens is 2. The highest BCUT2D eigenvalue weighted by Crippen LogP contribution is 2.29. The zero-order valence-electron chi connectivity index (χ0n) is 17.3. The molecule has 0 radical (unpaired) electrons. The van der Waals surface area contributed by atoms with Crippen LogP contribution in [0.1, 0.15) is 45.4 Å². The fraction of sp³-hybridized carbons (Fsp3) is 0.545. The van der Waals surface area contributed by atoms with E-state index in [-0.39, 0.29) is 37.0 Å². The third-order valence-electron chi connectivity index (χ3n) is 6.08. The fourth-order valence-electron chi connectivity index (χ4n) is 4.03. The van der Waals surface area contributed by atoms with Crippen LogP contribution in [0.25, 0.3) is 10.9 Å². The molecule has 0 unspecified atom stereocenters. The van der Waals surface area contributed by atoms with E-state index in [2.05, 4.69) is 24.1 Å². The monoisotopic (exact) mass is 399 g/mol. The van der Waals surface area contributed by atoms with Crippen molar-refractivity contribution in [2.24, 2.45) is 18.9 Å². The minimum atomic E-state index is -0.479. The van der Waals surface area contributed by atoms with Crippen molar-refractivity contribution in [2.45, 2.75) is 52.0 Å². The molecule has 0 spiro atoms. The van der Waals surface area contributed by atoms with Gasteiger partial charge in [-0.3, -0.25) is 14.4 Å². The number of carbonyl (C=O) groups is 2. The quantitative estimate of drug-likeness (QED) is 0.753. The van der Waals surface area contributed by atoms with Gasteiger partial charge < -0.3 is 14.6 Å². The van der Waals surface area contributed by atoms with Crippen LogP contribution in [0.2, 0.25) is 0 Å². The van der Waals surface area contributed by atoms with E-state index in [1.54, 1.807) is 12.1 Å². The van der Waals surface area contributed by atoms with Crippen molar-refractivity contribution in [3.63, 3.8) is 0 Å². The maximum Gasteiger partial charge on any atom is 0.306 e. The number of nitrogens with zero attached hydrogens (tertiary/aromatic N) is 2. The summed E-state index contributed by atoms with van der Waals surface area (Å²) in [5.41, 5.74) is 0.461. The standard InChI is InChI=1S/C22H29N3O4/c1-14-7-6-9-17(15(14)2)23-20(26)13-29-21(27)12-11-19-24-22(28)16-8-4-5-10-18(16)25(19)3/h4-5,8,10,14-15,17H,6-7,9,11-13H2,1-3H3,(H,23,26)/t14-,15+,17-/m1/s1. The van der Waals surface area contributed by atoms with Gasteiger partial charge in [-0.2, -0.15) is 4.98 Å². The van der Waals surface area contributed by atoms with Crippen molar-refractivity contribution in [1.29, 1.82) is 0 Å². The third-order valence-corrected chi connectivity index (χ3v) is 6.08. The van der Waals surface area contributed by atoms with Crippen molar-refractivity contribution >= 4 is 22.8 Å².